The van der Waals surface area contributed by atoms with Gasteiger partial charge < -0.3 is 4.42 Å². The second-order valence-electron chi connectivity index (χ2n) is 3.38. The van der Waals surface area contributed by atoms with Crippen molar-refractivity contribution in [1.82, 2.24) is 0 Å². The molecule has 0 radical (unpaired) electrons. The van der Waals surface area contributed by atoms with Crippen molar-refractivity contribution in [3.8, 4) is 0 Å². The summed E-state index contributed by atoms with van der Waals surface area (Å²) in [7, 11) is 0. The fourth-order valence-corrected chi connectivity index (χ4v) is 2.87. The third-order valence-corrected chi connectivity index (χ3v) is 4.02. The molecule has 0 aliphatic rings. The first-order chi connectivity index (χ1) is 7.54. The minimum absolute atomic E-state index is 0.0718. The lowest BCUT2D eigenvalue weighted by atomic mass is 10.1. The van der Waals surface area contributed by atoms with Crippen LogP contribution in [0.15, 0.2) is 25.5 Å². The highest BCUT2D eigenvalue weighted by molar-refractivity contribution is 9.11. The molecule has 0 bridgehead atoms. The van der Waals surface area contributed by atoms with Gasteiger partial charge in [0.25, 0.3) is 0 Å². The predicted octanol–water partition coefficient (Wildman–Crippen LogP) is 4.69. The van der Waals surface area contributed by atoms with Crippen molar-refractivity contribution in [2.24, 2.45) is 0 Å². The molecule has 2 nitrogen and oxygen atoms in total. The zero-order valence-electron chi connectivity index (χ0n) is 8.31. The zero-order valence-corrected chi connectivity index (χ0v) is 12.2. The van der Waals surface area contributed by atoms with Crippen LogP contribution in [0.2, 0.25) is 0 Å². The molecular weight excluding hydrogens is 359 g/mol. The Bertz CT molecular complexity index is 575. The number of hydrogen-bond donors (Lipinski definition) is 0. The fraction of sp³-hybridized carbons (Fsp3) is 0.182. The van der Waals surface area contributed by atoms with Crippen molar-refractivity contribution in [1.29, 1.82) is 0 Å². The van der Waals surface area contributed by atoms with Crippen LogP contribution < -0.4 is 0 Å². The summed E-state index contributed by atoms with van der Waals surface area (Å²) in [6.45, 7) is 1.96. The van der Waals surface area contributed by atoms with Gasteiger partial charge in [-0.15, -0.1) is 11.6 Å². The average Bonchev–Trinajstić information content (AvgIpc) is 2.70. The van der Waals surface area contributed by atoms with Gasteiger partial charge in [-0.2, -0.15) is 0 Å². The highest BCUT2D eigenvalue weighted by atomic mass is 79.9. The van der Waals surface area contributed by atoms with Gasteiger partial charge in [-0.3, -0.25) is 4.79 Å². The van der Waals surface area contributed by atoms with Gasteiger partial charge in [-0.05, 0) is 40.5 Å². The number of carbonyl (C=O) groups is 1. The number of halogens is 3. The standard InChI is InChI=1S/C11H7Br2ClO2/c1-5-6-2-10(9(15)4-14)16-11(6)8(13)3-7(5)12/h2-3H,4H2,1H3. The Morgan fingerprint density at radius 2 is 2.06 bits per heavy atom. The smallest absolute Gasteiger partial charge is 0.212 e. The molecule has 0 aliphatic carbocycles. The number of fused-ring (bicyclic) bond motifs is 1. The molecule has 1 heterocycles. The van der Waals surface area contributed by atoms with E-state index in [0.717, 1.165) is 19.9 Å². The van der Waals surface area contributed by atoms with Crippen LogP contribution >= 0.6 is 43.5 Å². The summed E-state index contributed by atoms with van der Waals surface area (Å²) >= 11 is 12.3. The van der Waals surface area contributed by atoms with Gasteiger partial charge in [0.05, 0.1) is 10.4 Å². The van der Waals surface area contributed by atoms with Crippen LogP contribution in [0.3, 0.4) is 0 Å². The number of alkyl halides is 1. The Morgan fingerprint density at radius 1 is 1.38 bits per heavy atom. The van der Waals surface area contributed by atoms with E-state index < -0.39 is 0 Å². The van der Waals surface area contributed by atoms with Gasteiger partial charge in [-0.25, -0.2) is 0 Å². The summed E-state index contributed by atoms with van der Waals surface area (Å²) in [5, 5.41) is 0.912. The molecule has 0 fully saturated rings. The van der Waals surface area contributed by atoms with Crippen molar-refractivity contribution in [2.75, 3.05) is 5.88 Å². The minimum Gasteiger partial charge on any atom is -0.452 e. The van der Waals surface area contributed by atoms with E-state index in [-0.39, 0.29) is 11.7 Å². The maximum absolute atomic E-state index is 11.4. The Kier molecular flexibility index (Phi) is 3.42. The summed E-state index contributed by atoms with van der Waals surface area (Å²) in [4.78, 5) is 11.4. The summed E-state index contributed by atoms with van der Waals surface area (Å²) in [6, 6.07) is 3.63. The maximum Gasteiger partial charge on any atom is 0.212 e. The lowest BCUT2D eigenvalue weighted by Gasteiger charge is -2.00. The van der Waals surface area contributed by atoms with Crippen LogP contribution in [-0.2, 0) is 0 Å². The number of hydrogen-bond acceptors (Lipinski definition) is 2. The molecule has 1 aromatic carbocycles. The highest BCUT2D eigenvalue weighted by Gasteiger charge is 2.15. The van der Waals surface area contributed by atoms with Crippen LogP contribution in [0.25, 0.3) is 11.0 Å². The van der Waals surface area contributed by atoms with Gasteiger partial charge in [-0.1, -0.05) is 15.9 Å². The first-order valence-corrected chi connectivity index (χ1v) is 6.64. The van der Waals surface area contributed by atoms with Gasteiger partial charge in [0.15, 0.2) is 5.76 Å². The van der Waals surface area contributed by atoms with E-state index in [1.165, 1.54) is 0 Å². The molecule has 1 aromatic heterocycles. The summed E-state index contributed by atoms with van der Waals surface area (Å²) in [6.07, 6.45) is 0. The monoisotopic (exact) mass is 364 g/mol. The molecule has 0 unspecified atom stereocenters. The molecular formula is C11H7Br2ClO2. The topological polar surface area (TPSA) is 30.2 Å². The highest BCUT2D eigenvalue weighted by Crippen LogP contribution is 2.34. The normalized spacial score (nSPS) is 11.0. The number of benzene rings is 1. The molecule has 0 saturated heterocycles. The quantitative estimate of drug-likeness (QED) is 0.570. The van der Waals surface area contributed by atoms with Gasteiger partial charge in [0, 0.05) is 9.86 Å². The number of ketones is 1. The number of Topliss-reactive ketones (excluding diaryl/α,β-unsaturated/α-hetero) is 1. The number of rotatable bonds is 2. The van der Waals surface area contributed by atoms with E-state index in [1.807, 2.05) is 13.0 Å². The number of carbonyl (C=O) groups excluding carboxylic acids is 1. The minimum atomic E-state index is -0.208. The van der Waals surface area contributed by atoms with Crippen LogP contribution in [-0.4, -0.2) is 11.7 Å². The van der Waals surface area contributed by atoms with Crippen molar-refractivity contribution >= 4 is 60.2 Å². The Hall–Kier alpha value is -0.320. The second-order valence-corrected chi connectivity index (χ2v) is 5.35. The van der Waals surface area contributed by atoms with Crippen LogP contribution in [0.5, 0.6) is 0 Å². The molecule has 2 rings (SSSR count). The predicted molar refractivity (Wildman–Crippen MR) is 71.4 cm³/mol. The van der Waals surface area contributed by atoms with E-state index in [4.69, 9.17) is 16.0 Å². The zero-order chi connectivity index (χ0) is 11.9. The van der Waals surface area contributed by atoms with Crippen LogP contribution in [0.1, 0.15) is 16.1 Å². The van der Waals surface area contributed by atoms with Gasteiger partial charge >= 0.3 is 0 Å². The van der Waals surface area contributed by atoms with E-state index >= 15 is 0 Å². The lowest BCUT2D eigenvalue weighted by molar-refractivity contribution is 0.0992. The van der Waals surface area contributed by atoms with E-state index in [1.54, 1.807) is 6.07 Å². The van der Waals surface area contributed by atoms with Gasteiger partial charge in [0.1, 0.15) is 5.58 Å². The lowest BCUT2D eigenvalue weighted by Crippen LogP contribution is -1.96. The molecule has 0 saturated carbocycles. The first kappa shape index (κ1) is 12.1. The Labute approximate surface area is 114 Å². The average molecular weight is 366 g/mol. The van der Waals surface area contributed by atoms with Crippen LogP contribution in [0.4, 0.5) is 0 Å². The Balaban J connectivity index is 2.74. The van der Waals surface area contributed by atoms with Crippen molar-refractivity contribution in [3.63, 3.8) is 0 Å². The maximum atomic E-state index is 11.4. The molecule has 16 heavy (non-hydrogen) atoms. The third-order valence-electron chi connectivity index (χ3n) is 2.36. The molecule has 0 N–H and O–H groups in total. The Morgan fingerprint density at radius 3 is 2.69 bits per heavy atom. The molecule has 5 heteroatoms. The van der Waals surface area contributed by atoms with Gasteiger partial charge in [0.2, 0.25) is 5.78 Å². The molecule has 2 aromatic rings. The molecule has 84 valence electrons. The first-order valence-electron chi connectivity index (χ1n) is 4.52. The third kappa shape index (κ3) is 1.94. The van der Waals surface area contributed by atoms with Crippen molar-refractivity contribution in [2.45, 2.75) is 6.92 Å². The summed E-state index contributed by atoms with van der Waals surface area (Å²) in [5.41, 5.74) is 1.71. The largest absolute Gasteiger partial charge is 0.452 e. The van der Waals surface area contributed by atoms with E-state index in [9.17, 15) is 4.79 Å². The SMILES string of the molecule is Cc1c(Br)cc(Br)c2oc(C(=O)CCl)cc12. The number of aryl methyl sites for hydroxylation is 1. The number of furan rings is 1. The second kappa shape index (κ2) is 4.51. The summed E-state index contributed by atoms with van der Waals surface area (Å²) in [5.74, 6) is 0.0182. The van der Waals surface area contributed by atoms with E-state index in [0.29, 0.717) is 11.3 Å². The van der Waals surface area contributed by atoms with Crippen molar-refractivity contribution in [3.05, 3.63) is 32.4 Å². The molecule has 0 aliphatic heterocycles. The van der Waals surface area contributed by atoms with E-state index in [2.05, 4.69) is 31.9 Å². The van der Waals surface area contributed by atoms with Crippen molar-refractivity contribution < 1.29 is 9.21 Å². The molecule has 0 amide bonds. The molecule has 0 spiro atoms. The molecule has 0 atom stereocenters. The van der Waals surface area contributed by atoms with Crippen LogP contribution in [0, 0.1) is 6.92 Å². The summed E-state index contributed by atoms with van der Waals surface area (Å²) < 4.78 is 7.27. The fourth-order valence-electron chi connectivity index (χ4n) is 1.46.